The minimum atomic E-state index is -0.296. The Kier molecular flexibility index (Phi) is 5.20. The van der Waals surface area contributed by atoms with Crippen molar-refractivity contribution in [3.05, 3.63) is 71.9 Å². The van der Waals surface area contributed by atoms with Crippen molar-refractivity contribution < 1.29 is 14.6 Å². The van der Waals surface area contributed by atoms with E-state index in [1.165, 1.54) is 12.1 Å². The third-order valence-corrected chi connectivity index (χ3v) is 3.01. The molecule has 0 saturated carbocycles. The fourth-order valence-corrected chi connectivity index (χ4v) is 1.92. The Hall–Kier alpha value is -2.75. The molecule has 0 bridgehead atoms. The molecule has 0 aliphatic heterocycles. The second kappa shape index (κ2) is 7.31. The molecule has 0 unspecified atom stereocenters. The number of nitrogens with zero attached hydrogens (tertiary/aromatic N) is 1. The fraction of sp³-hybridized carbons (Fsp3) is 0.167. The van der Waals surface area contributed by atoms with Gasteiger partial charge in [0.1, 0.15) is 23.7 Å². The lowest BCUT2D eigenvalue weighted by Crippen LogP contribution is -2.05. The van der Waals surface area contributed by atoms with Crippen molar-refractivity contribution >= 4 is 5.78 Å². The number of hydrogen-bond acceptors (Lipinski definition) is 4. The summed E-state index contributed by atoms with van der Waals surface area (Å²) in [6.07, 6.45) is 3.04. The number of carbonyl (C=O) groups excluding carboxylic acids is 1. The van der Waals surface area contributed by atoms with Crippen molar-refractivity contribution in [1.82, 2.24) is 4.90 Å². The molecule has 0 heterocycles. The lowest BCUT2D eigenvalue weighted by molar-refractivity contribution is 0.103. The van der Waals surface area contributed by atoms with E-state index in [-0.39, 0.29) is 17.1 Å². The molecule has 0 radical (unpaired) electrons. The highest BCUT2D eigenvalue weighted by atomic mass is 16.5. The molecule has 0 aliphatic rings. The molecule has 0 spiro atoms. The molecule has 4 heteroatoms. The van der Waals surface area contributed by atoms with Crippen molar-refractivity contribution in [2.24, 2.45) is 0 Å². The Morgan fingerprint density at radius 2 is 1.86 bits per heavy atom. The van der Waals surface area contributed by atoms with E-state index in [0.29, 0.717) is 12.4 Å². The zero-order valence-corrected chi connectivity index (χ0v) is 12.7. The maximum atomic E-state index is 12.2. The number of phenolic OH excluding ortho intramolecular Hbond substituents is 1. The summed E-state index contributed by atoms with van der Waals surface area (Å²) in [4.78, 5) is 14.0. The lowest BCUT2D eigenvalue weighted by Gasteiger charge is -2.11. The molecule has 0 aromatic heterocycles. The predicted molar refractivity (Wildman–Crippen MR) is 86.0 cm³/mol. The van der Waals surface area contributed by atoms with Crippen LogP contribution in [0, 0.1) is 0 Å². The van der Waals surface area contributed by atoms with Crippen molar-refractivity contribution in [2.75, 3.05) is 14.1 Å². The van der Waals surface area contributed by atoms with Crippen molar-refractivity contribution in [1.29, 1.82) is 0 Å². The Balaban J connectivity index is 2.21. The van der Waals surface area contributed by atoms with Crippen molar-refractivity contribution in [3.63, 3.8) is 0 Å². The lowest BCUT2D eigenvalue weighted by atomic mass is 10.1. The number of aromatic hydroxyl groups is 1. The van der Waals surface area contributed by atoms with E-state index in [4.69, 9.17) is 4.74 Å². The number of allylic oxidation sites excluding steroid dienone is 1. The summed E-state index contributed by atoms with van der Waals surface area (Å²) in [6.45, 7) is 0.335. The summed E-state index contributed by atoms with van der Waals surface area (Å²) in [5, 5.41) is 9.98. The average Bonchev–Trinajstić information content (AvgIpc) is 2.51. The summed E-state index contributed by atoms with van der Waals surface area (Å²) >= 11 is 0. The number of rotatable bonds is 6. The fourth-order valence-electron chi connectivity index (χ4n) is 1.92. The Labute approximate surface area is 130 Å². The van der Waals surface area contributed by atoms with E-state index in [9.17, 15) is 9.90 Å². The van der Waals surface area contributed by atoms with Gasteiger partial charge in [0.15, 0.2) is 5.78 Å². The van der Waals surface area contributed by atoms with Crippen LogP contribution in [-0.2, 0) is 6.61 Å². The van der Waals surface area contributed by atoms with Gasteiger partial charge in [-0.2, -0.15) is 0 Å². The van der Waals surface area contributed by atoms with Gasteiger partial charge >= 0.3 is 0 Å². The Bertz CT molecular complexity index is 663. The smallest absolute Gasteiger partial charge is 0.194 e. The molecular formula is C18H19NO3. The molecule has 0 saturated heterocycles. The van der Waals surface area contributed by atoms with Gasteiger partial charge in [0.2, 0.25) is 0 Å². The molecule has 0 aliphatic carbocycles. The summed E-state index contributed by atoms with van der Waals surface area (Å²) in [5.74, 6) is -0.00825. The number of carbonyl (C=O) groups is 1. The minimum Gasteiger partial charge on any atom is -0.507 e. The van der Waals surface area contributed by atoms with Crippen LogP contribution >= 0.6 is 0 Å². The van der Waals surface area contributed by atoms with Gasteiger partial charge in [-0.1, -0.05) is 36.4 Å². The first kappa shape index (κ1) is 15.6. The molecule has 2 rings (SSSR count). The van der Waals surface area contributed by atoms with Gasteiger partial charge in [0.25, 0.3) is 0 Å². The SMILES string of the molecule is CN(C)C=CC(=O)c1c(O)cccc1OCc1ccccc1. The maximum Gasteiger partial charge on any atom is 0.194 e. The molecule has 2 aromatic rings. The third-order valence-electron chi connectivity index (χ3n) is 3.01. The average molecular weight is 297 g/mol. The maximum absolute atomic E-state index is 12.2. The first-order valence-electron chi connectivity index (χ1n) is 6.95. The summed E-state index contributed by atoms with van der Waals surface area (Å²) in [5.41, 5.74) is 1.17. The van der Waals surface area contributed by atoms with Crippen LogP contribution in [-0.4, -0.2) is 29.9 Å². The van der Waals surface area contributed by atoms with Crippen molar-refractivity contribution in [3.8, 4) is 11.5 Å². The zero-order valence-electron chi connectivity index (χ0n) is 12.7. The molecule has 2 aromatic carbocycles. The van der Waals surface area contributed by atoms with E-state index in [2.05, 4.69) is 0 Å². The normalized spacial score (nSPS) is 10.6. The van der Waals surface area contributed by atoms with Gasteiger partial charge in [-0.15, -0.1) is 0 Å². The van der Waals surface area contributed by atoms with Crippen LogP contribution in [0.4, 0.5) is 0 Å². The van der Waals surface area contributed by atoms with Crippen LogP contribution in [0.25, 0.3) is 0 Å². The molecule has 0 atom stereocenters. The molecular weight excluding hydrogens is 278 g/mol. The summed E-state index contributed by atoms with van der Waals surface area (Å²) in [6, 6.07) is 14.5. The largest absolute Gasteiger partial charge is 0.507 e. The quantitative estimate of drug-likeness (QED) is 0.657. The predicted octanol–water partition coefficient (Wildman–Crippen LogP) is 3.23. The standard InChI is InChI=1S/C18H19NO3/c1-19(2)12-11-16(21)18-15(20)9-6-10-17(18)22-13-14-7-4-3-5-8-14/h3-12,20H,13H2,1-2H3. The molecule has 0 amide bonds. The first-order valence-corrected chi connectivity index (χ1v) is 6.95. The number of benzene rings is 2. The van der Waals surface area contributed by atoms with E-state index < -0.39 is 0 Å². The summed E-state index contributed by atoms with van der Waals surface area (Å²) in [7, 11) is 3.64. The molecule has 1 N–H and O–H groups in total. The van der Waals surface area contributed by atoms with Gasteiger partial charge < -0.3 is 14.7 Å². The first-order chi connectivity index (χ1) is 10.6. The van der Waals surface area contributed by atoms with Crippen LogP contribution < -0.4 is 4.74 Å². The number of ketones is 1. The monoisotopic (exact) mass is 297 g/mol. The second-order valence-corrected chi connectivity index (χ2v) is 5.07. The number of hydrogen-bond donors (Lipinski definition) is 1. The third kappa shape index (κ3) is 4.12. The topological polar surface area (TPSA) is 49.8 Å². The number of ether oxygens (including phenoxy) is 1. The van der Waals surface area contributed by atoms with E-state index >= 15 is 0 Å². The molecule has 114 valence electrons. The van der Waals surface area contributed by atoms with Crippen LogP contribution in [0.15, 0.2) is 60.8 Å². The highest BCUT2D eigenvalue weighted by Gasteiger charge is 2.15. The van der Waals surface area contributed by atoms with Gasteiger partial charge in [0.05, 0.1) is 0 Å². The van der Waals surface area contributed by atoms with E-state index in [1.54, 1.807) is 23.2 Å². The van der Waals surface area contributed by atoms with Gasteiger partial charge in [-0.05, 0) is 17.7 Å². The van der Waals surface area contributed by atoms with E-state index in [0.717, 1.165) is 5.56 Å². The Morgan fingerprint density at radius 3 is 2.55 bits per heavy atom. The summed E-state index contributed by atoms with van der Waals surface area (Å²) < 4.78 is 5.70. The van der Waals surface area contributed by atoms with Gasteiger partial charge in [0, 0.05) is 26.4 Å². The molecule has 0 fully saturated rings. The number of phenols is 1. The van der Waals surface area contributed by atoms with Crippen LogP contribution in [0.5, 0.6) is 11.5 Å². The van der Waals surface area contributed by atoms with Crippen LogP contribution in [0.1, 0.15) is 15.9 Å². The van der Waals surface area contributed by atoms with Crippen LogP contribution in [0.3, 0.4) is 0 Å². The van der Waals surface area contributed by atoms with E-state index in [1.807, 2.05) is 44.4 Å². The minimum absolute atomic E-state index is 0.0843. The second-order valence-electron chi connectivity index (χ2n) is 5.07. The Morgan fingerprint density at radius 1 is 1.14 bits per heavy atom. The van der Waals surface area contributed by atoms with Gasteiger partial charge in [-0.3, -0.25) is 4.79 Å². The zero-order chi connectivity index (χ0) is 15.9. The molecule has 4 nitrogen and oxygen atoms in total. The highest BCUT2D eigenvalue weighted by molar-refractivity contribution is 6.08. The highest BCUT2D eigenvalue weighted by Crippen LogP contribution is 2.29. The molecule has 22 heavy (non-hydrogen) atoms. The van der Waals surface area contributed by atoms with Gasteiger partial charge in [-0.25, -0.2) is 0 Å². The van der Waals surface area contributed by atoms with Crippen LogP contribution in [0.2, 0.25) is 0 Å². The van der Waals surface area contributed by atoms with Crippen molar-refractivity contribution in [2.45, 2.75) is 6.61 Å².